The molecule has 6 nitrogen and oxygen atoms in total. The topological polar surface area (TPSA) is 63.2 Å². The molecule has 0 bridgehead atoms. The van der Waals surface area contributed by atoms with E-state index in [0.29, 0.717) is 17.1 Å². The van der Waals surface area contributed by atoms with Gasteiger partial charge in [0.2, 0.25) is 6.79 Å². The Morgan fingerprint density at radius 2 is 1.81 bits per heavy atom. The number of fused-ring (bicyclic) bond motifs is 2. The number of carbonyl (C=O) groups excluding carboxylic acids is 1. The molecule has 1 amide bonds. The summed E-state index contributed by atoms with van der Waals surface area (Å²) in [5.41, 5.74) is 7.98. The van der Waals surface area contributed by atoms with Gasteiger partial charge in [0, 0.05) is 35.2 Å². The lowest BCUT2D eigenvalue weighted by molar-refractivity contribution is 0.0955. The molecule has 0 fully saturated rings. The van der Waals surface area contributed by atoms with E-state index in [4.69, 9.17) is 9.47 Å². The number of hydrogen-bond acceptors (Lipinski definition) is 5. The van der Waals surface area contributed by atoms with E-state index < -0.39 is 0 Å². The number of nitrogens with one attached hydrogen (secondary N) is 1. The SMILES string of the molecule is O=C(N/N=C\c1cc2c(cc1Br)OCO2)c1ccc(CN2CCc3ccccc3C2)cc1. The second-order valence-corrected chi connectivity index (χ2v) is 8.71. The highest BCUT2D eigenvalue weighted by molar-refractivity contribution is 9.10. The van der Waals surface area contributed by atoms with E-state index >= 15 is 0 Å². The van der Waals surface area contributed by atoms with E-state index in [1.54, 1.807) is 6.21 Å². The first-order chi connectivity index (χ1) is 15.7. The molecule has 0 atom stereocenters. The minimum absolute atomic E-state index is 0.208. The summed E-state index contributed by atoms with van der Waals surface area (Å²) in [5, 5.41) is 4.08. The Hall–Kier alpha value is -3.16. The molecule has 5 rings (SSSR count). The third kappa shape index (κ3) is 4.54. The van der Waals surface area contributed by atoms with Crippen molar-refractivity contribution in [2.45, 2.75) is 19.5 Å². The standard InChI is InChI=1S/C25H22BrN3O3/c26-22-12-24-23(31-16-32-24)11-21(22)13-27-28-25(30)19-7-5-17(6-8-19)14-29-10-9-18-3-1-2-4-20(18)15-29/h1-8,11-13H,9-10,14-16H2,(H,28,30)/b27-13-. The van der Waals surface area contributed by atoms with Crippen LogP contribution in [-0.2, 0) is 19.5 Å². The van der Waals surface area contributed by atoms with E-state index in [0.717, 1.165) is 36.1 Å². The van der Waals surface area contributed by atoms with Crippen LogP contribution in [0.2, 0.25) is 0 Å². The van der Waals surface area contributed by atoms with Gasteiger partial charge in [-0.15, -0.1) is 0 Å². The van der Waals surface area contributed by atoms with E-state index in [9.17, 15) is 4.79 Å². The van der Waals surface area contributed by atoms with Crippen LogP contribution in [0, 0.1) is 0 Å². The molecule has 7 heteroatoms. The van der Waals surface area contributed by atoms with Gasteiger partial charge in [0.25, 0.3) is 5.91 Å². The Labute approximate surface area is 195 Å². The maximum absolute atomic E-state index is 12.5. The number of benzene rings is 3. The number of carbonyl (C=O) groups is 1. The van der Waals surface area contributed by atoms with Gasteiger partial charge in [-0.2, -0.15) is 5.10 Å². The van der Waals surface area contributed by atoms with Gasteiger partial charge in [0.05, 0.1) is 6.21 Å². The van der Waals surface area contributed by atoms with Crippen LogP contribution in [0.5, 0.6) is 11.5 Å². The summed E-state index contributed by atoms with van der Waals surface area (Å²) in [5.74, 6) is 1.09. The third-order valence-electron chi connectivity index (χ3n) is 5.69. The molecule has 1 N–H and O–H groups in total. The van der Waals surface area contributed by atoms with Crippen LogP contribution in [0.15, 0.2) is 70.2 Å². The number of nitrogens with zero attached hydrogens (tertiary/aromatic N) is 2. The van der Waals surface area contributed by atoms with Gasteiger partial charge in [-0.05, 0) is 63.3 Å². The predicted molar refractivity (Wildman–Crippen MR) is 126 cm³/mol. The van der Waals surface area contributed by atoms with Gasteiger partial charge in [-0.3, -0.25) is 9.69 Å². The van der Waals surface area contributed by atoms with Gasteiger partial charge in [0.15, 0.2) is 11.5 Å². The van der Waals surface area contributed by atoms with Crippen LogP contribution in [0.3, 0.4) is 0 Å². The highest BCUT2D eigenvalue weighted by Crippen LogP contribution is 2.36. The lowest BCUT2D eigenvalue weighted by Gasteiger charge is -2.28. The zero-order chi connectivity index (χ0) is 21.9. The molecular formula is C25H22BrN3O3. The summed E-state index contributed by atoms with van der Waals surface area (Å²) in [6, 6.07) is 20.0. The third-order valence-corrected chi connectivity index (χ3v) is 6.38. The summed E-state index contributed by atoms with van der Waals surface area (Å²) in [6.45, 7) is 3.08. The smallest absolute Gasteiger partial charge is 0.271 e. The summed E-state index contributed by atoms with van der Waals surface area (Å²) in [7, 11) is 0. The summed E-state index contributed by atoms with van der Waals surface area (Å²) < 4.78 is 11.5. The molecule has 0 aromatic heterocycles. The van der Waals surface area contributed by atoms with E-state index in [-0.39, 0.29) is 12.7 Å². The molecule has 0 saturated heterocycles. The molecule has 0 aliphatic carbocycles. The highest BCUT2D eigenvalue weighted by Gasteiger charge is 2.17. The van der Waals surface area contributed by atoms with Crippen LogP contribution >= 0.6 is 15.9 Å². The molecule has 0 unspecified atom stereocenters. The van der Waals surface area contributed by atoms with Gasteiger partial charge >= 0.3 is 0 Å². The van der Waals surface area contributed by atoms with Crippen molar-refractivity contribution in [1.82, 2.24) is 10.3 Å². The fourth-order valence-corrected chi connectivity index (χ4v) is 4.39. The molecule has 3 aromatic carbocycles. The first-order valence-corrected chi connectivity index (χ1v) is 11.3. The molecule has 0 spiro atoms. The Balaban J connectivity index is 1.17. The fraction of sp³-hybridized carbons (Fsp3) is 0.200. The minimum Gasteiger partial charge on any atom is -0.454 e. The van der Waals surface area contributed by atoms with Crippen molar-refractivity contribution in [1.29, 1.82) is 0 Å². The minimum atomic E-state index is -0.253. The largest absolute Gasteiger partial charge is 0.454 e. The fourth-order valence-electron chi connectivity index (χ4n) is 3.97. The number of amides is 1. The first kappa shape index (κ1) is 20.7. The molecule has 2 aliphatic heterocycles. The molecule has 32 heavy (non-hydrogen) atoms. The van der Waals surface area contributed by atoms with Crippen molar-refractivity contribution >= 4 is 28.1 Å². The Morgan fingerprint density at radius 3 is 2.62 bits per heavy atom. The molecule has 162 valence electrons. The van der Waals surface area contributed by atoms with Gasteiger partial charge in [-0.1, -0.05) is 36.4 Å². The lowest BCUT2D eigenvalue weighted by atomic mass is 9.99. The van der Waals surface area contributed by atoms with Gasteiger partial charge in [-0.25, -0.2) is 5.43 Å². The molecule has 0 radical (unpaired) electrons. The second-order valence-electron chi connectivity index (χ2n) is 7.85. The highest BCUT2D eigenvalue weighted by atomic mass is 79.9. The van der Waals surface area contributed by atoms with Crippen molar-refractivity contribution in [2.24, 2.45) is 5.10 Å². The quantitative estimate of drug-likeness (QED) is 0.421. The number of halogens is 1. The number of ether oxygens (including phenoxy) is 2. The molecule has 2 heterocycles. The van der Waals surface area contributed by atoms with Crippen LogP contribution < -0.4 is 14.9 Å². The van der Waals surface area contributed by atoms with Gasteiger partial charge < -0.3 is 9.47 Å². The van der Waals surface area contributed by atoms with Crippen molar-refractivity contribution < 1.29 is 14.3 Å². The Kier molecular flexibility index (Phi) is 5.92. The van der Waals surface area contributed by atoms with Crippen LogP contribution in [0.25, 0.3) is 0 Å². The van der Waals surface area contributed by atoms with E-state index in [2.05, 4.69) is 55.6 Å². The van der Waals surface area contributed by atoms with Crippen molar-refractivity contribution in [3.63, 3.8) is 0 Å². The summed E-state index contributed by atoms with van der Waals surface area (Å²) in [4.78, 5) is 14.9. The number of hydrazone groups is 1. The second kappa shape index (κ2) is 9.14. The summed E-state index contributed by atoms with van der Waals surface area (Å²) in [6.07, 6.45) is 2.65. The number of rotatable bonds is 5. The average Bonchev–Trinajstić information content (AvgIpc) is 3.26. The van der Waals surface area contributed by atoms with Crippen LogP contribution in [0.4, 0.5) is 0 Å². The van der Waals surface area contributed by atoms with Crippen molar-refractivity contribution in [2.75, 3.05) is 13.3 Å². The zero-order valence-corrected chi connectivity index (χ0v) is 19.0. The van der Waals surface area contributed by atoms with E-state index in [1.807, 2.05) is 36.4 Å². The lowest BCUT2D eigenvalue weighted by Crippen LogP contribution is -2.30. The number of hydrogen-bond donors (Lipinski definition) is 1. The van der Waals surface area contributed by atoms with Crippen LogP contribution in [0.1, 0.15) is 32.6 Å². The predicted octanol–water partition coefficient (Wildman–Crippen LogP) is 4.50. The monoisotopic (exact) mass is 491 g/mol. The molecule has 2 aliphatic rings. The summed E-state index contributed by atoms with van der Waals surface area (Å²) >= 11 is 3.48. The Morgan fingerprint density at radius 1 is 1.06 bits per heavy atom. The zero-order valence-electron chi connectivity index (χ0n) is 17.4. The first-order valence-electron chi connectivity index (χ1n) is 10.5. The van der Waals surface area contributed by atoms with E-state index in [1.165, 1.54) is 16.7 Å². The molecular weight excluding hydrogens is 470 g/mol. The van der Waals surface area contributed by atoms with Crippen LogP contribution in [-0.4, -0.2) is 30.4 Å². The molecule has 0 saturated carbocycles. The van der Waals surface area contributed by atoms with Crippen molar-refractivity contribution in [3.05, 3.63) is 93.0 Å². The van der Waals surface area contributed by atoms with Gasteiger partial charge in [0.1, 0.15) is 0 Å². The molecule has 3 aromatic rings. The van der Waals surface area contributed by atoms with Crippen molar-refractivity contribution in [3.8, 4) is 11.5 Å². The Bertz CT molecular complexity index is 1180. The maximum atomic E-state index is 12.5. The normalized spacial score (nSPS) is 15.0. The maximum Gasteiger partial charge on any atom is 0.271 e. The average molecular weight is 492 g/mol.